The Kier molecular flexibility index (Phi) is 3.58. The lowest BCUT2D eigenvalue weighted by molar-refractivity contribution is -0.119. The van der Waals surface area contributed by atoms with Crippen molar-refractivity contribution in [3.63, 3.8) is 0 Å². The second-order valence-corrected chi connectivity index (χ2v) is 6.45. The molecule has 2 aliphatic rings. The van der Waals surface area contributed by atoms with Crippen LogP contribution < -0.4 is 4.90 Å². The van der Waals surface area contributed by atoms with E-state index in [1.165, 1.54) is 12.1 Å². The number of carbonyl (C=O) groups is 1. The van der Waals surface area contributed by atoms with Crippen LogP contribution in [0, 0.1) is 5.82 Å². The number of benzene rings is 2. The summed E-state index contributed by atoms with van der Waals surface area (Å²) in [6.45, 7) is 0.880. The van der Waals surface area contributed by atoms with Gasteiger partial charge in [0.05, 0.1) is 6.04 Å². The van der Waals surface area contributed by atoms with Crippen LogP contribution in [0.5, 0.6) is 0 Å². The maximum absolute atomic E-state index is 13.2. The number of anilines is 1. The molecule has 0 saturated carbocycles. The molecular weight excluding hydrogens is 315 g/mol. The van der Waals surface area contributed by atoms with E-state index in [0.717, 1.165) is 30.6 Å². The summed E-state index contributed by atoms with van der Waals surface area (Å²) in [6, 6.07) is 13.6. The number of hydrogen-bond donors (Lipinski definition) is 0. The van der Waals surface area contributed by atoms with Crippen LogP contribution >= 0.6 is 11.6 Å². The number of nitrogens with zero attached hydrogens (tertiary/aromatic N) is 2. The highest BCUT2D eigenvalue weighted by Gasteiger charge is 2.49. The van der Waals surface area contributed by atoms with Gasteiger partial charge in [-0.1, -0.05) is 23.7 Å². The van der Waals surface area contributed by atoms with E-state index in [1.54, 1.807) is 17.0 Å². The Bertz CT molecular complexity index is 749. The second-order valence-electron chi connectivity index (χ2n) is 6.01. The number of hydrogen-bond acceptors (Lipinski definition) is 2. The normalized spacial score (nSPS) is 24.3. The van der Waals surface area contributed by atoms with Crippen LogP contribution in [0.15, 0.2) is 48.5 Å². The maximum atomic E-state index is 13.2. The Hall–Kier alpha value is -1.91. The van der Waals surface area contributed by atoms with Crippen LogP contribution in [-0.2, 0) is 4.79 Å². The predicted octanol–water partition coefficient (Wildman–Crippen LogP) is 3.99. The zero-order valence-corrected chi connectivity index (χ0v) is 13.2. The van der Waals surface area contributed by atoms with E-state index in [0.29, 0.717) is 5.02 Å². The molecule has 1 amide bonds. The molecule has 2 heterocycles. The second kappa shape index (κ2) is 5.62. The van der Waals surface area contributed by atoms with Crippen LogP contribution in [0.4, 0.5) is 10.1 Å². The van der Waals surface area contributed by atoms with Crippen molar-refractivity contribution < 1.29 is 9.18 Å². The van der Waals surface area contributed by atoms with E-state index in [9.17, 15) is 9.18 Å². The first-order chi connectivity index (χ1) is 11.1. The molecule has 0 aliphatic carbocycles. The van der Waals surface area contributed by atoms with Crippen molar-refractivity contribution in [1.82, 2.24) is 4.90 Å². The minimum atomic E-state index is -0.305. The third-order valence-electron chi connectivity index (χ3n) is 4.63. The lowest BCUT2D eigenvalue weighted by atomic mass is 10.1. The lowest BCUT2D eigenvalue weighted by Gasteiger charge is -2.29. The van der Waals surface area contributed by atoms with E-state index < -0.39 is 0 Å². The van der Waals surface area contributed by atoms with Gasteiger partial charge in [0.15, 0.2) is 0 Å². The van der Waals surface area contributed by atoms with Crippen LogP contribution in [0.1, 0.15) is 24.6 Å². The molecule has 3 nitrogen and oxygen atoms in total. The molecule has 5 heteroatoms. The third kappa shape index (κ3) is 2.42. The van der Waals surface area contributed by atoms with E-state index in [4.69, 9.17) is 11.6 Å². The minimum Gasteiger partial charge on any atom is -0.291 e. The van der Waals surface area contributed by atoms with Crippen LogP contribution in [-0.4, -0.2) is 23.4 Å². The Balaban J connectivity index is 1.81. The fraction of sp³-hybridized carbons (Fsp3) is 0.278. The average Bonchev–Trinajstić information content (AvgIpc) is 3.11. The summed E-state index contributed by atoms with van der Waals surface area (Å²) in [5.74, 6) is -0.223. The Morgan fingerprint density at radius 3 is 2.65 bits per heavy atom. The zero-order valence-electron chi connectivity index (χ0n) is 12.5. The third-order valence-corrected chi connectivity index (χ3v) is 4.86. The van der Waals surface area contributed by atoms with Gasteiger partial charge in [-0.3, -0.25) is 14.6 Å². The fourth-order valence-corrected chi connectivity index (χ4v) is 3.85. The van der Waals surface area contributed by atoms with Gasteiger partial charge >= 0.3 is 0 Å². The summed E-state index contributed by atoms with van der Waals surface area (Å²) in [4.78, 5) is 16.9. The molecule has 0 bridgehead atoms. The van der Waals surface area contributed by atoms with Crippen molar-refractivity contribution in [2.45, 2.75) is 25.0 Å². The minimum absolute atomic E-state index is 0.0825. The van der Waals surface area contributed by atoms with Crippen molar-refractivity contribution >= 4 is 23.2 Å². The molecule has 2 saturated heterocycles. The van der Waals surface area contributed by atoms with Crippen LogP contribution in [0.3, 0.4) is 0 Å². The molecule has 4 rings (SSSR count). The number of amides is 1. The van der Waals surface area contributed by atoms with Crippen LogP contribution in [0.25, 0.3) is 0 Å². The summed E-state index contributed by atoms with van der Waals surface area (Å²) in [5.41, 5.74) is 1.70. The average molecular weight is 331 g/mol. The molecule has 0 spiro atoms. The maximum Gasteiger partial charge on any atom is 0.246 e. The monoisotopic (exact) mass is 330 g/mol. The molecule has 118 valence electrons. The van der Waals surface area contributed by atoms with Crippen molar-refractivity contribution in [2.24, 2.45) is 0 Å². The Morgan fingerprint density at radius 2 is 1.91 bits per heavy atom. The molecule has 2 atom stereocenters. The van der Waals surface area contributed by atoms with Gasteiger partial charge in [-0.05, 0) is 54.8 Å². The molecule has 2 aliphatic heterocycles. The number of rotatable bonds is 2. The topological polar surface area (TPSA) is 23.6 Å². The van der Waals surface area contributed by atoms with Crippen molar-refractivity contribution in [3.8, 4) is 0 Å². The first-order valence-electron chi connectivity index (χ1n) is 7.75. The number of fused-ring (bicyclic) bond motifs is 1. The SMILES string of the molecule is O=C1[C@@H]2CCCN2[C@@H](c2cccc(Cl)c2)N1c1ccc(F)cc1. The zero-order chi connectivity index (χ0) is 16.0. The van der Waals surface area contributed by atoms with Crippen molar-refractivity contribution in [3.05, 3.63) is 64.9 Å². The molecule has 0 aromatic heterocycles. The number of carbonyl (C=O) groups excluding carboxylic acids is 1. The first-order valence-corrected chi connectivity index (χ1v) is 8.13. The number of halogens is 2. The van der Waals surface area contributed by atoms with Gasteiger partial charge in [0.25, 0.3) is 0 Å². The molecule has 0 N–H and O–H groups in total. The summed E-state index contributed by atoms with van der Waals surface area (Å²) in [7, 11) is 0. The highest BCUT2D eigenvalue weighted by atomic mass is 35.5. The van der Waals surface area contributed by atoms with Gasteiger partial charge in [0.2, 0.25) is 5.91 Å². The summed E-state index contributed by atoms with van der Waals surface area (Å²) >= 11 is 6.15. The highest BCUT2D eigenvalue weighted by molar-refractivity contribution is 6.30. The molecule has 2 aromatic rings. The Morgan fingerprint density at radius 1 is 1.13 bits per heavy atom. The Labute approximate surface area is 139 Å². The van der Waals surface area contributed by atoms with E-state index >= 15 is 0 Å². The van der Waals surface area contributed by atoms with Gasteiger partial charge < -0.3 is 0 Å². The largest absolute Gasteiger partial charge is 0.291 e. The first kappa shape index (κ1) is 14.7. The van der Waals surface area contributed by atoms with Crippen molar-refractivity contribution in [1.29, 1.82) is 0 Å². The van der Waals surface area contributed by atoms with Gasteiger partial charge in [0.1, 0.15) is 12.0 Å². The molecule has 23 heavy (non-hydrogen) atoms. The molecule has 2 fully saturated rings. The van der Waals surface area contributed by atoms with Crippen LogP contribution in [0.2, 0.25) is 5.02 Å². The van der Waals surface area contributed by atoms with Gasteiger partial charge in [-0.2, -0.15) is 0 Å². The molecule has 0 unspecified atom stereocenters. The quantitative estimate of drug-likeness (QED) is 0.831. The van der Waals surface area contributed by atoms with E-state index in [2.05, 4.69) is 4.90 Å². The summed E-state index contributed by atoms with van der Waals surface area (Å²) in [5, 5.41) is 0.650. The molecule has 2 aromatic carbocycles. The van der Waals surface area contributed by atoms with Gasteiger partial charge in [0, 0.05) is 17.3 Å². The summed E-state index contributed by atoms with van der Waals surface area (Å²) in [6.07, 6.45) is 1.71. The summed E-state index contributed by atoms with van der Waals surface area (Å²) < 4.78 is 13.2. The molecular formula is C18H16ClFN2O. The molecule has 0 radical (unpaired) electrons. The van der Waals surface area contributed by atoms with E-state index in [-0.39, 0.29) is 23.9 Å². The lowest BCUT2D eigenvalue weighted by Crippen LogP contribution is -2.32. The smallest absolute Gasteiger partial charge is 0.246 e. The fourth-order valence-electron chi connectivity index (χ4n) is 3.65. The van der Waals surface area contributed by atoms with E-state index in [1.807, 2.05) is 24.3 Å². The standard InChI is InChI=1S/C18H16ClFN2O/c19-13-4-1-3-12(11-13)17-21-10-2-5-16(21)18(23)22(17)15-8-6-14(20)7-9-15/h1,3-4,6-9,11,16-17H,2,5,10H2/t16-,17+/m0/s1. The highest BCUT2D eigenvalue weighted by Crippen LogP contribution is 2.42. The van der Waals surface area contributed by atoms with Gasteiger partial charge in [-0.15, -0.1) is 0 Å². The van der Waals surface area contributed by atoms with Gasteiger partial charge in [-0.25, -0.2) is 4.39 Å². The van der Waals surface area contributed by atoms with Crippen molar-refractivity contribution in [2.75, 3.05) is 11.4 Å². The predicted molar refractivity (Wildman–Crippen MR) is 87.8 cm³/mol.